The molecule has 0 amide bonds. The first-order valence-electron chi connectivity index (χ1n) is 9.88. The quantitative estimate of drug-likeness (QED) is 0.269. The fraction of sp³-hybridized carbons (Fsp3) is 0.348. The van der Waals surface area contributed by atoms with E-state index >= 15 is 0 Å². The van der Waals surface area contributed by atoms with Crippen molar-refractivity contribution in [2.45, 2.75) is 39.3 Å². The largest absolute Gasteiger partial charge is 0.544 e. The Balaban J connectivity index is 2.50. The van der Waals surface area contributed by atoms with E-state index in [4.69, 9.17) is 18.3 Å². The SMILES string of the molecule is COc1ccc(C(=O)/C=C/c2c(O[Si](C)(C)C)cc(OC)cc2O[Si](C)(C)C)cc1. The Labute approximate surface area is 181 Å². The van der Waals surface area contributed by atoms with Crippen molar-refractivity contribution in [3.8, 4) is 23.0 Å². The van der Waals surface area contributed by atoms with E-state index in [9.17, 15) is 4.79 Å². The number of allylic oxidation sites excluding steroid dienone is 1. The molecule has 0 saturated carbocycles. The van der Waals surface area contributed by atoms with Crippen LogP contribution in [0.2, 0.25) is 39.3 Å². The summed E-state index contributed by atoms with van der Waals surface area (Å²) in [6.07, 6.45) is 3.33. The van der Waals surface area contributed by atoms with Gasteiger partial charge in [0.2, 0.25) is 16.6 Å². The molecular formula is C23H32O5Si2. The molecule has 2 rings (SSSR count). The topological polar surface area (TPSA) is 54.0 Å². The van der Waals surface area contributed by atoms with Crippen LogP contribution in [-0.2, 0) is 0 Å². The summed E-state index contributed by atoms with van der Waals surface area (Å²) < 4.78 is 23.3. The summed E-state index contributed by atoms with van der Waals surface area (Å²) in [4.78, 5) is 12.7. The van der Waals surface area contributed by atoms with E-state index in [1.807, 2.05) is 12.1 Å². The molecular weight excluding hydrogens is 412 g/mol. The molecule has 0 aromatic heterocycles. The van der Waals surface area contributed by atoms with Gasteiger partial charge in [-0.05, 0) is 75.7 Å². The first-order valence-corrected chi connectivity index (χ1v) is 16.7. The van der Waals surface area contributed by atoms with Crippen LogP contribution in [0.3, 0.4) is 0 Å². The summed E-state index contributed by atoms with van der Waals surface area (Å²) in [5.74, 6) is 2.60. The molecule has 0 aliphatic heterocycles. The number of benzene rings is 2. The molecule has 0 atom stereocenters. The molecule has 0 aliphatic carbocycles. The second-order valence-corrected chi connectivity index (χ2v) is 17.8. The Bertz CT molecular complexity index is 870. The van der Waals surface area contributed by atoms with E-state index in [0.717, 1.165) is 5.56 Å². The zero-order chi connectivity index (χ0) is 22.5. The number of carbonyl (C=O) groups excluding carboxylic acids is 1. The van der Waals surface area contributed by atoms with Crippen LogP contribution in [0.15, 0.2) is 42.5 Å². The number of ether oxygens (including phenoxy) is 2. The maximum atomic E-state index is 12.7. The summed E-state index contributed by atoms with van der Waals surface area (Å²) in [5.41, 5.74) is 1.34. The summed E-state index contributed by atoms with van der Waals surface area (Å²) >= 11 is 0. The van der Waals surface area contributed by atoms with Gasteiger partial charge in [-0.25, -0.2) is 0 Å². The highest BCUT2D eigenvalue weighted by Crippen LogP contribution is 2.38. The van der Waals surface area contributed by atoms with Gasteiger partial charge in [0.05, 0.1) is 19.8 Å². The van der Waals surface area contributed by atoms with Crippen molar-refractivity contribution >= 4 is 28.5 Å². The van der Waals surface area contributed by atoms with Crippen LogP contribution in [0, 0.1) is 0 Å². The minimum absolute atomic E-state index is 0.105. The zero-order valence-corrected chi connectivity index (χ0v) is 21.2. The molecule has 2 aromatic carbocycles. The maximum absolute atomic E-state index is 12.7. The molecule has 30 heavy (non-hydrogen) atoms. The monoisotopic (exact) mass is 444 g/mol. The minimum Gasteiger partial charge on any atom is -0.544 e. The molecule has 0 aliphatic rings. The normalized spacial score (nSPS) is 12.0. The van der Waals surface area contributed by atoms with Gasteiger partial charge in [0.15, 0.2) is 5.78 Å². The van der Waals surface area contributed by atoms with Gasteiger partial charge < -0.3 is 18.3 Å². The summed E-state index contributed by atoms with van der Waals surface area (Å²) in [6.45, 7) is 12.7. The van der Waals surface area contributed by atoms with E-state index < -0.39 is 16.6 Å². The number of carbonyl (C=O) groups is 1. The van der Waals surface area contributed by atoms with Crippen LogP contribution in [0.25, 0.3) is 6.08 Å². The van der Waals surface area contributed by atoms with Crippen molar-refractivity contribution in [3.05, 3.63) is 53.6 Å². The third-order valence-corrected chi connectivity index (χ3v) is 5.59. The van der Waals surface area contributed by atoms with Crippen LogP contribution >= 0.6 is 0 Å². The zero-order valence-electron chi connectivity index (χ0n) is 19.2. The van der Waals surface area contributed by atoms with Crippen molar-refractivity contribution < 1.29 is 23.1 Å². The molecule has 0 fully saturated rings. The highest BCUT2D eigenvalue weighted by atomic mass is 28.4. The van der Waals surface area contributed by atoms with Crippen LogP contribution in [0.1, 0.15) is 15.9 Å². The van der Waals surface area contributed by atoms with Gasteiger partial charge in [-0.3, -0.25) is 4.79 Å². The predicted octanol–water partition coefficient (Wildman–Crippen LogP) is 6.03. The Morgan fingerprint density at radius 2 is 1.23 bits per heavy atom. The van der Waals surface area contributed by atoms with E-state index in [0.29, 0.717) is 28.6 Å². The molecule has 7 heteroatoms. The molecule has 0 radical (unpaired) electrons. The highest BCUT2D eigenvalue weighted by Gasteiger charge is 2.24. The molecule has 0 N–H and O–H groups in total. The predicted molar refractivity (Wildman–Crippen MR) is 127 cm³/mol. The molecule has 0 bridgehead atoms. The molecule has 2 aromatic rings. The Morgan fingerprint density at radius 1 is 0.767 bits per heavy atom. The van der Waals surface area contributed by atoms with E-state index in [1.54, 1.807) is 50.6 Å². The van der Waals surface area contributed by atoms with Crippen molar-refractivity contribution in [2.75, 3.05) is 14.2 Å². The smallest absolute Gasteiger partial charge is 0.242 e. The number of hydrogen-bond acceptors (Lipinski definition) is 5. The summed E-state index contributed by atoms with van der Waals surface area (Å²) in [7, 11) is -0.602. The lowest BCUT2D eigenvalue weighted by molar-refractivity contribution is 0.104. The van der Waals surface area contributed by atoms with Crippen LogP contribution in [-0.4, -0.2) is 36.6 Å². The van der Waals surface area contributed by atoms with Crippen LogP contribution in [0.4, 0.5) is 0 Å². The standard InChI is InChI=1S/C23H32O5Si2/c1-25-18-11-9-17(10-12-18)21(24)14-13-20-22(27-29(3,4)5)15-19(26-2)16-23(20)28-30(6,7)8/h9-16H,1-8H3/b14-13+. The maximum Gasteiger partial charge on any atom is 0.242 e. The van der Waals surface area contributed by atoms with Crippen LogP contribution in [0.5, 0.6) is 23.0 Å². The third-order valence-electron chi connectivity index (χ3n) is 3.92. The molecule has 0 saturated heterocycles. The van der Waals surface area contributed by atoms with Gasteiger partial charge in [0, 0.05) is 17.7 Å². The van der Waals surface area contributed by atoms with E-state index in [1.165, 1.54) is 0 Å². The molecule has 5 nitrogen and oxygen atoms in total. The molecule has 0 spiro atoms. The van der Waals surface area contributed by atoms with Gasteiger partial charge in [-0.2, -0.15) is 0 Å². The summed E-state index contributed by atoms with van der Waals surface area (Å²) in [5, 5.41) is 0. The van der Waals surface area contributed by atoms with Gasteiger partial charge in [-0.1, -0.05) is 0 Å². The van der Waals surface area contributed by atoms with Crippen molar-refractivity contribution in [1.82, 2.24) is 0 Å². The van der Waals surface area contributed by atoms with Crippen LogP contribution < -0.4 is 18.3 Å². The molecule has 162 valence electrons. The fourth-order valence-corrected chi connectivity index (χ4v) is 4.36. The van der Waals surface area contributed by atoms with E-state index in [2.05, 4.69) is 39.3 Å². The lowest BCUT2D eigenvalue weighted by Gasteiger charge is -2.26. The summed E-state index contributed by atoms with van der Waals surface area (Å²) in [6, 6.07) is 10.7. The first-order chi connectivity index (χ1) is 13.9. The van der Waals surface area contributed by atoms with Gasteiger partial charge in [0.1, 0.15) is 23.0 Å². The van der Waals surface area contributed by atoms with Crippen molar-refractivity contribution in [3.63, 3.8) is 0 Å². The number of hydrogen-bond donors (Lipinski definition) is 0. The third kappa shape index (κ3) is 7.07. The first kappa shape index (κ1) is 23.8. The Kier molecular flexibility index (Phi) is 7.55. The minimum atomic E-state index is -1.91. The second kappa shape index (κ2) is 9.53. The Hall–Kier alpha value is -2.52. The highest BCUT2D eigenvalue weighted by molar-refractivity contribution is 6.71. The average molecular weight is 445 g/mol. The fourth-order valence-electron chi connectivity index (χ4n) is 2.70. The van der Waals surface area contributed by atoms with E-state index in [-0.39, 0.29) is 5.78 Å². The second-order valence-electron chi connectivity index (χ2n) is 8.89. The van der Waals surface area contributed by atoms with Gasteiger partial charge in [-0.15, -0.1) is 0 Å². The molecule has 0 unspecified atom stereocenters. The number of methoxy groups -OCH3 is 2. The Morgan fingerprint density at radius 3 is 1.63 bits per heavy atom. The average Bonchev–Trinajstić information content (AvgIpc) is 2.64. The van der Waals surface area contributed by atoms with Crippen molar-refractivity contribution in [1.29, 1.82) is 0 Å². The molecule has 0 heterocycles. The number of ketones is 1. The lowest BCUT2D eigenvalue weighted by Crippen LogP contribution is -2.31. The number of rotatable bonds is 9. The van der Waals surface area contributed by atoms with Gasteiger partial charge in [0.25, 0.3) is 0 Å². The lowest BCUT2D eigenvalue weighted by atomic mass is 10.1. The van der Waals surface area contributed by atoms with Crippen molar-refractivity contribution in [2.24, 2.45) is 0 Å². The van der Waals surface area contributed by atoms with Gasteiger partial charge >= 0.3 is 0 Å².